The van der Waals surface area contributed by atoms with Gasteiger partial charge in [0.1, 0.15) is 6.04 Å². The van der Waals surface area contributed by atoms with E-state index in [-0.39, 0.29) is 5.97 Å². The minimum Gasteiger partial charge on any atom is -0.465 e. The molecule has 0 heterocycles. The van der Waals surface area contributed by atoms with Gasteiger partial charge in [-0.15, -0.1) is 0 Å². The maximum Gasteiger partial charge on any atom is 0.322 e. The van der Waals surface area contributed by atoms with Crippen LogP contribution in [-0.4, -0.2) is 31.7 Å². The van der Waals surface area contributed by atoms with E-state index in [1.54, 1.807) is 6.92 Å². The van der Waals surface area contributed by atoms with Crippen LogP contribution in [0.2, 0.25) is 0 Å². The normalized spacial score (nSPS) is 11.9. The van der Waals surface area contributed by atoms with Crippen LogP contribution in [0.1, 0.15) is 33.1 Å². The van der Waals surface area contributed by atoms with Crippen LogP contribution in [0.15, 0.2) is 30.3 Å². The number of nitrogens with zero attached hydrogens (tertiary/aromatic N) is 1. The van der Waals surface area contributed by atoms with E-state index in [2.05, 4.69) is 24.0 Å². The Balaban J connectivity index is 2.55. The number of nitrogens with two attached hydrogens (primary N) is 1. The van der Waals surface area contributed by atoms with Crippen molar-refractivity contribution in [2.75, 3.05) is 24.6 Å². The number of esters is 1. The molecule has 0 aliphatic carbocycles. The lowest BCUT2D eigenvalue weighted by Crippen LogP contribution is -2.37. The highest BCUT2D eigenvalue weighted by atomic mass is 16.5. The highest BCUT2D eigenvalue weighted by Gasteiger charge is 2.16. The summed E-state index contributed by atoms with van der Waals surface area (Å²) < 4.78 is 4.94. The molecule has 0 radical (unpaired) electrons. The second kappa shape index (κ2) is 9.37. The summed E-state index contributed by atoms with van der Waals surface area (Å²) in [5.41, 5.74) is 7.03. The Morgan fingerprint density at radius 2 is 1.95 bits per heavy atom. The molecule has 1 atom stereocenters. The minimum absolute atomic E-state index is 0.309. The average Bonchev–Trinajstić information content (AvgIpc) is 2.48. The molecule has 1 unspecified atom stereocenters. The molecule has 0 amide bonds. The molecule has 4 nitrogen and oxygen atoms in total. The summed E-state index contributed by atoms with van der Waals surface area (Å²) in [7, 11) is 0. The van der Waals surface area contributed by atoms with Gasteiger partial charge >= 0.3 is 5.97 Å². The number of anilines is 1. The molecule has 0 bridgehead atoms. The number of rotatable bonds is 9. The third kappa shape index (κ3) is 5.61. The van der Waals surface area contributed by atoms with Gasteiger partial charge in [-0.25, -0.2) is 0 Å². The SMILES string of the molecule is CCCCN(CCC(N)C(=O)OCC)c1ccccc1. The Morgan fingerprint density at radius 1 is 1.25 bits per heavy atom. The molecule has 0 spiro atoms. The van der Waals surface area contributed by atoms with E-state index in [4.69, 9.17) is 10.5 Å². The van der Waals surface area contributed by atoms with Gasteiger partial charge in [0.2, 0.25) is 0 Å². The number of benzene rings is 1. The van der Waals surface area contributed by atoms with E-state index in [1.165, 1.54) is 5.69 Å². The molecule has 0 aliphatic heterocycles. The molecule has 4 heteroatoms. The number of hydrogen-bond acceptors (Lipinski definition) is 4. The number of ether oxygens (including phenoxy) is 1. The summed E-state index contributed by atoms with van der Waals surface area (Å²) in [6.07, 6.45) is 2.88. The molecule has 112 valence electrons. The minimum atomic E-state index is -0.539. The van der Waals surface area contributed by atoms with Gasteiger partial charge in [0, 0.05) is 18.8 Å². The zero-order valence-electron chi connectivity index (χ0n) is 12.5. The van der Waals surface area contributed by atoms with Crippen LogP contribution in [0.3, 0.4) is 0 Å². The molecule has 20 heavy (non-hydrogen) atoms. The third-order valence-electron chi connectivity index (χ3n) is 3.20. The third-order valence-corrected chi connectivity index (χ3v) is 3.20. The van der Waals surface area contributed by atoms with Crippen molar-refractivity contribution in [1.82, 2.24) is 0 Å². The molecule has 2 N–H and O–H groups in total. The summed E-state index contributed by atoms with van der Waals surface area (Å²) in [5, 5.41) is 0. The summed E-state index contributed by atoms with van der Waals surface area (Å²) >= 11 is 0. The predicted molar refractivity (Wildman–Crippen MR) is 82.8 cm³/mol. The fraction of sp³-hybridized carbons (Fsp3) is 0.562. The first-order valence-corrected chi connectivity index (χ1v) is 7.41. The van der Waals surface area contributed by atoms with Crippen molar-refractivity contribution in [1.29, 1.82) is 0 Å². The summed E-state index contributed by atoms with van der Waals surface area (Å²) in [5.74, 6) is -0.309. The zero-order valence-corrected chi connectivity index (χ0v) is 12.5. The Hall–Kier alpha value is -1.55. The Morgan fingerprint density at radius 3 is 2.55 bits per heavy atom. The van der Waals surface area contributed by atoms with E-state index in [0.717, 1.165) is 25.9 Å². The predicted octanol–water partition coefficient (Wildman–Crippen LogP) is 2.57. The van der Waals surface area contributed by atoms with Crippen molar-refractivity contribution in [3.8, 4) is 0 Å². The molecular formula is C16H26N2O2. The van der Waals surface area contributed by atoms with Crippen molar-refractivity contribution in [3.05, 3.63) is 30.3 Å². The number of unbranched alkanes of at least 4 members (excludes halogenated alkanes) is 1. The molecule has 0 aliphatic rings. The lowest BCUT2D eigenvalue weighted by atomic mass is 10.2. The van der Waals surface area contributed by atoms with Gasteiger partial charge in [-0.2, -0.15) is 0 Å². The maximum atomic E-state index is 11.5. The molecule has 1 aromatic carbocycles. The van der Waals surface area contributed by atoms with Crippen molar-refractivity contribution >= 4 is 11.7 Å². The molecule has 0 fully saturated rings. The van der Waals surface area contributed by atoms with Crippen LogP contribution in [0.5, 0.6) is 0 Å². The van der Waals surface area contributed by atoms with E-state index >= 15 is 0 Å². The van der Waals surface area contributed by atoms with Gasteiger partial charge in [-0.05, 0) is 31.9 Å². The Labute approximate surface area is 121 Å². The van der Waals surface area contributed by atoms with E-state index < -0.39 is 6.04 Å². The van der Waals surface area contributed by atoms with E-state index in [9.17, 15) is 4.79 Å². The lowest BCUT2D eigenvalue weighted by Gasteiger charge is -2.25. The van der Waals surface area contributed by atoms with Crippen LogP contribution in [0.25, 0.3) is 0 Å². The highest BCUT2D eigenvalue weighted by Crippen LogP contribution is 2.15. The summed E-state index contributed by atoms with van der Waals surface area (Å²) in [6.45, 7) is 6.10. The van der Waals surface area contributed by atoms with Crippen LogP contribution in [0, 0.1) is 0 Å². The molecule has 0 saturated carbocycles. The highest BCUT2D eigenvalue weighted by molar-refractivity contribution is 5.75. The fourth-order valence-corrected chi connectivity index (χ4v) is 2.02. The largest absolute Gasteiger partial charge is 0.465 e. The summed E-state index contributed by atoms with van der Waals surface area (Å²) in [4.78, 5) is 13.8. The van der Waals surface area contributed by atoms with Crippen LogP contribution >= 0.6 is 0 Å². The summed E-state index contributed by atoms with van der Waals surface area (Å²) in [6, 6.07) is 9.70. The van der Waals surface area contributed by atoms with Crippen LogP contribution in [-0.2, 0) is 9.53 Å². The lowest BCUT2D eigenvalue weighted by molar-refractivity contribution is -0.144. The van der Waals surface area contributed by atoms with Gasteiger partial charge in [0.15, 0.2) is 0 Å². The van der Waals surface area contributed by atoms with Crippen molar-refractivity contribution in [3.63, 3.8) is 0 Å². The van der Waals surface area contributed by atoms with E-state index in [1.807, 2.05) is 18.2 Å². The average molecular weight is 278 g/mol. The van der Waals surface area contributed by atoms with Gasteiger partial charge < -0.3 is 15.4 Å². The first-order chi connectivity index (χ1) is 9.69. The first-order valence-electron chi connectivity index (χ1n) is 7.41. The second-order valence-electron chi connectivity index (χ2n) is 4.82. The van der Waals surface area contributed by atoms with Gasteiger partial charge in [0.25, 0.3) is 0 Å². The van der Waals surface area contributed by atoms with Crippen molar-refractivity contribution in [2.45, 2.75) is 39.2 Å². The smallest absolute Gasteiger partial charge is 0.322 e. The first kappa shape index (κ1) is 16.5. The van der Waals surface area contributed by atoms with Crippen molar-refractivity contribution in [2.24, 2.45) is 5.73 Å². The topological polar surface area (TPSA) is 55.6 Å². The number of para-hydroxylation sites is 1. The molecule has 0 saturated heterocycles. The number of carbonyl (C=O) groups is 1. The van der Waals surface area contributed by atoms with Crippen LogP contribution in [0.4, 0.5) is 5.69 Å². The maximum absolute atomic E-state index is 11.5. The zero-order chi connectivity index (χ0) is 14.8. The van der Waals surface area contributed by atoms with Gasteiger partial charge in [-0.1, -0.05) is 31.5 Å². The van der Waals surface area contributed by atoms with Crippen LogP contribution < -0.4 is 10.6 Å². The van der Waals surface area contributed by atoms with Crippen molar-refractivity contribution < 1.29 is 9.53 Å². The quantitative estimate of drug-likeness (QED) is 0.705. The monoisotopic (exact) mass is 278 g/mol. The molecule has 1 rings (SSSR count). The molecular weight excluding hydrogens is 252 g/mol. The van der Waals surface area contributed by atoms with Gasteiger partial charge in [0.05, 0.1) is 6.61 Å². The standard InChI is InChI=1S/C16H26N2O2/c1-3-5-12-18(14-9-7-6-8-10-14)13-11-15(17)16(19)20-4-2/h6-10,15H,3-5,11-13,17H2,1-2H3. The number of carbonyl (C=O) groups excluding carboxylic acids is 1. The second-order valence-corrected chi connectivity index (χ2v) is 4.82. The number of hydrogen-bond donors (Lipinski definition) is 1. The van der Waals surface area contributed by atoms with E-state index in [0.29, 0.717) is 13.0 Å². The van der Waals surface area contributed by atoms with Gasteiger partial charge in [-0.3, -0.25) is 4.79 Å². The fourth-order valence-electron chi connectivity index (χ4n) is 2.02. The Kier molecular flexibility index (Phi) is 7.73. The Bertz CT molecular complexity index is 381. The molecule has 1 aromatic rings. The molecule has 0 aromatic heterocycles.